The van der Waals surface area contributed by atoms with Crippen LogP contribution in [0.3, 0.4) is 0 Å². The lowest BCUT2D eigenvalue weighted by atomic mass is 10.2. The highest BCUT2D eigenvalue weighted by Crippen LogP contribution is 2.15. The summed E-state index contributed by atoms with van der Waals surface area (Å²) in [7, 11) is 3.37. The summed E-state index contributed by atoms with van der Waals surface area (Å²) in [6.07, 6.45) is 1.60. The lowest BCUT2D eigenvalue weighted by molar-refractivity contribution is 0.517. The monoisotopic (exact) mass is 365 g/mol. The van der Waals surface area contributed by atoms with Gasteiger partial charge in [-0.3, -0.25) is 13.9 Å². The Bertz CT molecular complexity index is 1200. The van der Waals surface area contributed by atoms with Crippen molar-refractivity contribution in [3.05, 3.63) is 80.9 Å². The van der Waals surface area contributed by atoms with Crippen LogP contribution in [-0.2, 0) is 27.2 Å². The van der Waals surface area contributed by atoms with Crippen LogP contribution in [0, 0.1) is 0 Å². The number of nitrogens with one attached hydrogen (secondary N) is 1. The molecule has 138 valence electrons. The largest absolute Gasteiger partial charge is 0.467 e. The zero-order chi connectivity index (χ0) is 19.0. The Hall–Kier alpha value is -3.55. The van der Waals surface area contributed by atoms with Gasteiger partial charge in [0.15, 0.2) is 11.2 Å². The molecule has 0 spiro atoms. The van der Waals surface area contributed by atoms with Gasteiger partial charge in [0.25, 0.3) is 5.56 Å². The maximum Gasteiger partial charge on any atom is 0.332 e. The molecule has 4 aromatic rings. The summed E-state index contributed by atoms with van der Waals surface area (Å²) in [6, 6.07) is 13.1. The summed E-state index contributed by atoms with van der Waals surface area (Å²) in [6.45, 7) is 0.638. The standard InChI is InChI=1S/C19H19N5O3/c1-22-15-16(21-18(22)20-11-14-9-6-10-27-14)23(2)19(26)24(17(15)25)12-13-7-4-3-5-8-13/h3-10H,11-12H2,1-2H3,(H,20,21). The SMILES string of the molecule is Cn1c(NCc2ccco2)nc2c1c(=O)n(Cc1ccccc1)c(=O)n2C. The molecule has 0 fully saturated rings. The number of fused-ring (bicyclic) bond motifs is 1. The molecule has 0 atom stereocenters. The van der Waals surface area contributed by atoms with Crippen molar-refractivity contribution in [2.45, 2.75) is 13.1 Å². The number of benzene rings is 1. The molecular formula is C19H19N5O3. The minimum atomic E-state index is -0.396. The molecule has 1 N–H and O–H groups in total. The van der Waals surface area contributed by atoms with E-state index < -0.39 is 5.69 Å². The molecule has 0 aliphatic rings. The molecule has 27 heavy (non-hydrogen) atoms. The van der Waals surface area contributed by atoms with Gasteiger partial charge in [-0.15, -0.1) is 0 Å². The normalized spacial score (nSPS) is 11.2. The topological polar surface area (TPSA) is 87.0 Å². The molecule has 3 heterocycles. The summed E-state index contributed by atoms with van der Waals surface area (Å²) < 4.78 is 9.60. The Morgan fingerprint density at radius 2 is 1.81 bits per heavy atom. The van der Waals surface area contributed by atoms with Crippen LogP contribution in [0.1, 0.15) is 11.3 Å². The van der Waals surface area contributed by atoms with Crippen LogP contribution in [0.15, 0.2) is 62.7 Å². The second-order valence-corrected chi connectivity index (χ2v) is 6.32. The second-order valence-electron chi connectivity index (χ2n) is 6.32. The Morgan fingerprint density at radius 1 is 1.04 bits per heavy atom. The van der Waals surface area contributed by atoms with Gasteiger partial charge in [-0.2, -0.15) is 4.98 Å². The van der Waals surface area contributed by atoms with Gasteiger partial charge in [-0.1, -0.05) is 30.3 Å². The van der Waals surface area contributed by atoms with Gasteiger partial charge in [0.2, 0.25) is 5.95 Å². The molecule has 4 rings (SSSR count). The molecule has 1 aromatic carbocycles. The Kier molecular flexibility index (Phi) is 4.15. The van der Waals surface area contributed by atoms with Crippen molar-refractivity contribution in [1.29, 1.82) is 0 Å². The van der Waals surface area contributed by atoms with Crippen molar-refractivity contribution in [3.8, 4) is 0 Å². The zero-order valence-electron chi connectivity index (χ0n) is 15.0. The highest BCUT2D eigenvalue weighted by atomic mass is 16.3. The van der Waals surface area contributed by atoms with Crippen LogP contribution in [0.25, 0.3) is 11.2 Å². The molecule has 0 radical (unpaired) electrons. The predicted octanol–water partition coefficient (Wildman–Crippen LogP) is 1.69. The van der Waals surface area contributed by atoms with E-state index in [4.69, 9.17) is 4.42 Å². The number of anilines is 1. The molecule has 0 unspecified atom stereocenters. The third-order valence-corrected chi connectivity index (χ3v) is 4.54. The third-order valence-electron chi connectivity index (χ3n) is 4.54. The number of hydrogen-bond acceptors (Lipinski definition) is 5. The maximum absolute atomic E-state index is 13.0. The third kappa shape index (κ3) is 2.95. The molecule has 0 aliphatic heterocycles. The first kappa shape index (κ1) is 16.9. The van der Waals surface area contributed by atoms with Crippen LogP contribution in [0.4, 0.5) is 5.95 Å². The molecule has 0 bridgehead atoms. The molecule has 3 aromatic heterocycles. The lowest BCUT2D eigenvalue weighted by Crippen LogP contribution is -2.39. The van der Waals surface area contributed by atoms with Crippen LogP contribution >= 0.6 is 0 Å². The van der Waals surface area contributed by atoms with E-state index in [1.165, 1.54) is 9.13 Å². The zero-order valence-corrected chi connectivity index (χ0v) is 15.0. The number of aryl methyl sites for hydroxylation is 2. The number of imidazole rings is 1. The van der Waals surface area contributed by atoms with Crippen molar-refractivity contribution >= 4 is 17.1 Å². The quantitative estimate of drug-likeness (QED) is 0.582. The van der Waals surface area contributed by atoms with Gasteiger partial charge in [-0.25, -0.2) is 4.79 Å². The fourth-order valence-corrected chi connectivity index (χ4v) is 3.09. The van der Waals surface area contributed by atoms with Crippen LogP contribution in [-0.4, -0.2) is 18.7 Å². The molecular weight excluding hydrogens is 346 g/mol. The van der Waals surface area contributed by atoms with Gasteiger partial charge in [0.05, 0.1) is 19.4 Å². The molecule has 0 amide bonds. The summed E-state index contributed by atoms with van der Waals surface area (Å²) in [4.78, 5) is 30.2. The molecule has 0 saturated carbocycles. The summed E-state index contributed by atoms with van der Waals surface area (Å²) in [5.74, 6) is 1.24. The van der Waals surface area contributed by atoms with E-state index in [1.807, 2.05) is 36.4 Å². The highest BCUT2D eigenvalue weighted by Gasteiger charge is 2.18. The van der Waals surface area contributed by atoms with E-state index in [-0.39, 0.29) is 12.1 Å². The van der Waals surface area contributed by atoms with Gasteiger partial charge in [0.1, 0.15) is 5.76 Å². The van der Waals surface area contributed by atoms with E-state index in [9.17, 15) is 9.59 Å². The molecule has 8 nitrogen and oxygen atoms in total. The van der Waals surface area contributed by atoms with E-state index in [0.717, 1.165) is 11.3 Å². The van der Waals surface area contributed by atoms with Crippen molar-refractivity contribution in [3.63, 3.8) is 0 Å². The predicted molar refractivity (Wildman–Crippen MR) is 102 cm³/mol. The van der Waals surface area contributed by atoms with E-state index >= 15 is 0 Å². The van der Waals surface area contributed by atoms with Crippen molar-refractivity contribution in [1.82, 2.24) is 18.7 Å². The Balaban J connectivity index is 1.79. The average molecular weight is 365 g/mol. The van der Waals surface area contributed by atoms with Crippen molar-refractivity contribution in [2.75, 3.05) is 5.32 Å². The van der Waals surface area contributed by atoms with Crippen molar-refractivity contribution < 1.29 is 4.42 Å². The molecule has 8 heteroatoms. The summed E-state index contributed by atoms with van der Waals surface area (Å²) in [5, 5.41) is 3.14. The van der Waals surface area contributed by atoms with Gasteiger partial charge in [0, 0.05) is 14.1 Å². The number of furan rings is 1. The number of aromatic nitrogens is 4. The highest BCUT2D eigenvalue weighted by molar-refractivity contribution is 5.74. The molecule has 0 saturated heterocycles. The Labute approximate surface area is 154 Å². The van der Waals surface area contributed by atoms with E-state index in [1.54, 1.807) is 31.0 Å². The van der Waals surface area contributed by atoms with Crippen LogP contribution in [0.2, 0.25) is 0 Å². The smallest absolute Gasteiger partial charge is 0.332 e. The minimum absolute atomic E-state index is 0.211. The first-order valence-corrected chi connectivity index (χ1v) is 8.52. The summed E-state index contributed by atoms with van der Waals surface area (Å²) >= 11 is 0. The second kappa shape index (κ2) is 6.64. The van der Waals surface area contributed by atoms with Gasteiger partial charge in [-0.05, 0) is 17.7 Å². The van der Waals surface area contributed by atoms with E-state index in [2.05, 4.69) is 10.3 Å². The number of rotatable bonds is 5. The van der Waals surface area contributed by atoms with Crippen LogP contribution < -0.4 is 16.6 Å². The minimum Gasteiger partial charge on any atom is -0.467 e. The summed E-state index contributed by atoms with van der Waals surface area (Å²) in [5.41, 5.74) is 0.841. The lowest BCUT2D eigenvalue weighted by Gasteiger charge is -2.08. The van der Waals surface area contributed by atoms with Gasteiger partial charge >= 0.3 is 5.69 Å². The Morgan fingerprint density at radius 3 is 2.52 bits per heavy atom. The first-order chi connectivity index (χ1) is 13.1. The first-order valence-electron chi connectivity index (χ1n) is 8.52. The average Bonchev–Trinajstić information content (AvgIpc) is 3.31. The maximum atomic E-state index is 13.0. The van der Waals surface area contributed by atoms with Crippen LogP contribution in [0.5, 0.6) is 0 Å². The van der Waals surface area contributed by atoms with Gasteiger partial charge < -0.3 is 14.3 Å². The van der Waals surface area contributed by atoms with Crippen molar-refractivity contribution in [2.24, 2.45) is 14.1 Å². The fourth-order valence-electron chi connectivity index (χ4n) is 3.09. The number of nitrogens with zero attached hydrogens (tertiary/aromatic N) is 4. The van der Waals surface area contributed by atoms with E-state index in [0.29, 0.717) is 23.7 Å². The molecule has 0 aliphatic carbocycles. The fraction of sp³-hybridized carbons (Fsp3) is 0.211. The number of hydrogen-bond donors (Lipinski definition) is 1.